The molecule has 39 nitrogen and oxygen atoms in total. The van der Waals surface area contributed by atoms with Crippen molar-refractivity contribution >= 4 is 94.6 Å². The van der Waals surface area contributed by atoms with E-state index in [1.54, 1.807) is 0 Å². The standard InChI is InChI=1S/C67H112N14O25/c1-3-4-19-47(45(2)83)77-65(99)51(36-72-57(88)38-81(39-61(93)94)40-62(95)96)80-64(98)50(34-46-35-69-44-74-46)79-63(97)48(22-24-53(68)84)78-66(100)52(41-82)76-56(87)37-73-59(90)43-106-33-31-104-29-27-71-58(89)42-105-32-30-103-28-26-70-54(85)25-23-49(67(101)102)75-55(86)20-17-15-13-11-9-7-5-6-8-10-12-14-16-18-21-60(91)92/h35,44,47-52,82H,3-34,36-43H2,1-2H3,(H2,68,84)(H,69,74)(H,70,85)(H,71,89)(H,72,88)(H,73,90)(H,75,86)(H,76,87)(H,77,99)(H,78,100)(H,79,97)(H,80,98)(H,91,92)(H,93,94)(H,95,96)(H,101,102)/t47-,48-,49-,50-,51-,52-/m0/s1. The number of carboxylic acids is 4. The zero-order valence-electron chi connectivity index (χ0n) is 60.8. The van der Waals surface area contributed by atoms with Gasteiger partial charge in [-0.3, -0.25) is 76.8 Å². The van der Waals surface area contributed by atoms with Crippen LogP contribution in [0.3, 0.4) is 0 Å². The van der Waals surface area contributed by atoms with Gasteiger partial charge in [0.05, 0.1) is 90.5 Å². The van der Waals surface area contributed by atoms with Gasteiger partial charge < -0.3 is 108 Å². The second-order valence-electron chi connectivity index (χ2n) is 25.0. The normalized spacial score (nSPS) is 12.7. The highest BCUT2D eigenvalue weighted by Crippen LogP contribution is 2.15. The molecule has 600 valence electrons. The van der Waals surface area contributed by atoms with Gasteiger partial charge in [0.15, 0.2) is 5.78 Å². The Bertz CT molecular complexity index is 2860. The number of H-pyrrole nitrogens is 1. The van der Waals surface area contributed by atoms with Crippen LogP contribution in [0.5, 0.6) is 0 Å². The van der Waals surface area contributed by atoms with Crippen molar-refractivity contribution in [2.75, 3.05) is 105 Å². The summed E-state index contributed by atoms with van der Waals surface area (Å²) in [5, 5.41) is 71.0. The highest BCUT2D eigenvalue weighted by atomic mass is 16.5. The lowest BCUT2D eigenvalue weighted by Gasteiger charge is -2.27. The largest absolute Gasteiger partial charge is 0.481 e. The highest BCUT2D eigenvalue weighted by Gasteiger charge is 2.34. The van der Waals surface area contributed by atoms with E-state index in [0.29, 0.717) is 19.3 Å². The Labute approximate surface area is 615 Å². The third kappa shape index (κ3) is 50.2. The zero-order valence-corrected chi connectivity index (χ0v) is 60.8. The summed E-state index contributed by atoms with van der Waals surface area (Å²) in [5.41, 5.74) is 5.53. The molecule has 18 N–H and O–H groups in total. The molecule has 0 aliphatic heterocycles. The van der Waals surface area contributed by atoms with Crippen LogP contribution in [-0.2, 0) is 102 Å². The monoisotopic (exact) mass is 1510 g/mol. The summed E-state index contributed by atoms with van der Waals surface area (Å²) in [6.07, 6.45) is 17.3. The number of aliphatic hydroxyl groups excluding tert-OH is 1. The van der Waals surface area contributed by atoms with Gasteiger partial charge in [0.1, 0.15) is 43.4 Å². The molecule has 0 unspecified atom stereocenters. The highest BCUT2D eigenvalue weighted by molar-refractivity contribution is 5.97. The molecule has 11 amide bonds. The molecule has 0 spiro atoms. The van der Waals surface area contributed by atoms with Gasteiger partial charge in [0, 0.05) is 57.9 Å². The van der Waals surface area contributed by atoms with E-state index in [0.717, 1.165) is 62.7 Å². The van der Waals surface area contributed by atoms with E-state index in [1.807, 2.05) is 6.92 Å². The Kier molecular flexibility index (Phi) is 52.6. The van der Waals surface area contributed by atoms with Gasteiger partial charge in [-0.25, -0.2) is 9.78 Å². The molecule has 0 bridgehead atoms. The number of rotatable bonds is 67. The quantitative estimate of drug-likeness (QED) is 0.0291. The van der Waals surface area contributed by atoms with Crippen LogP contribution in [0.1, 0.15) is 167 Å². The summed E-state index contributed by atoms with van der Waals surface area (Å²) in [6, 6.07) is -9.09. The van der Waals surface area contributed by atoms with Gasteiger partial charge in [0.25, 0.3) is 0 Å². The number of aliphatic hydroxyl groups is 1. The molecule has 0 aromatic carbocycles. The summed E-state index contributed by atoms with van der Waals surface area (Å²) < 4.78 is 21.3. The third-order valence-electron chi connectivity index (χ3n) is 15.8. The number of nitrogens with one attached hydrogen (secondary N) is 11. The number of imidazole rings is 1. The van der Waals surface area contributed by atoms with Crippen LogP contribution in [0.4, 0.5) is 0 Å². The van der Waals surface area contributed by atoms with Gasteiger partial charge in [-0.1, -0.05) is 96.8 Å². The average molecular weight is 1510 g/mol. The average Bonchev–Trinajstić information content (AvgIpc) is 1.81. The van der Waals surface area contributed by atoms with Gasteiger partial charge >= 0.3 is 23.9 Å². The minimum atomic E-state index is -1.76. The van der Waals surface area contributed by atoms with Crippen LogP contribution >= 0.6 is 0 Å². The van der Waals surface area contributed by atoms with Crippen molar-refractivity contribution in [1.29, 1.82) is 0 Å². The molecule has 1 aromatic heterocycles. The van der Waals surface area contributed by atoms with Crippen molar-refractivity contribution in [2.45, 2.75) is 204 Å². The Hall–Kier alpha value is -9.31. The van der Waals surface area contributed by atoms with E-state index >= 15 is 0 Å². The lowest BCUT2D eigenvalue weighted by molar-refractivity contribution is -0.143. The first-order valence-electron chi connectivity index (χ1n) is 35.8. The molecule has 0 fully saturated rings. The van der Waals surface area contributed by atoms with Crippen LogP contribution in [0.2, 0.25) is 0 Å². The number of carboxylic acid groups (broad SMARTS) is 4. The number of aromatic amines is 1. The van der Waals surface area contributed by atoms with Gasteiger partial charge in [-0.2, -0.15) is 0 Å². The number of hydrogen-bond acceptors (Lipinski definition) is 23. The topological polar surface area (TPSA) is 589 Å². The summed E-state index contributed by atoms with van der Waals surface area (Å²) in [7, 11) is 0. The number of amides is 11. The van der Waals surface area contributed by atoms with E-state index < -0.39 is 190 Å². The molecule has 1 aromatic rings. The number of aromatic nitrogens is 2. The molecular formula is C67H112N14O25. The number of ether oxygens (including phenoxy) is 4. The number of aliphatic carboxylic acids is 4. The minimum Gasteiger partial charge on any atom is -0.481 e. The maximum Gasteiger partial charge on any atom is 0.326 e. The van der Waals surface area contributed by atoms with Gasteiger partial charge in [-0.05, 0) is 39.0 Å². The number of unbranched alkanes of at least 4 members (excludes halogenated alkanes) is 14. The Morgan fingerprint density at radius 3 is 1.43 bits per heavy atom. The lowest BCUT2D eigenvalue weighted by Crippen LogP contribution is -2.61. The molecule has 0 aliphatic carbocycles. The maximum atomic E-state index is 14.2. The molecule has 0 radical (unpaired) electrons. The molecular weight excluding hydrogens is 1400 g/mol. The van der Waals surface area contributed by atoms with Crippen LogP contribution < -0.4 is 58.9 Å². The fourth-order valence-corrected chi connectivity index (χ4v) is 10.1. The number of nitrogens with zero attached hydrogens (tertiary/aromatic N) is 2. The number of nitrogens with two attached hydrogens (primary N) is 1. The van der Waals surface area contributed by atoms with E-state index in [9.17, 15) is 97.1 Å². The first-order valence-corrected chi connectivity index (χ1v) is 35.8. The molecule has 39 heteroatoms. The number of ketones is 1. The van der Waals surface area contributed by atoms with Gasteiger partial charge in [-0.15, -0.1) is 0 Å². The Balaban J connectivity index is 2.50. The number of carbonyl (C=O) groups excluding carboxylic acids is 12. The van der Waals surface area contributed by atoms with Crippen molar-refractivity contribution in [3.63, 3.8) is 0 Å². The summed E-state index contributed by atoms with van der Waals surface area (Å²) in [6.45, 7) is -2.25. The smallest absolute Gasteiger partial charge is 0.326 e. The van der Waals surface area contributed by atoms with Gasteiger partial charge in [0.2, 0.25) is 65.0 Å². The Morgan fingerprint density at radius 2 is 0.925 bits per heavy atom. The molecule has 1 heterocycles. The first-order chi connectivity index (χ1) is 50.6. The third-order valence-corrected chi connectivity index (χ3v) is 15.8. The van der Waals surface area contributed by atoms with Crippen molar-refractivity contribution in [3.8, 4) is 0 Å². The van der Waals surface area contributed by atoms with E-state index in [2.05, 4.69) is 63.1 Å². The van der Waals surface area contributed by atoms with E-state index in [-0.39, 0.29) is 103 Å². The van der Waals surface area contributed by atoms with Crippen LogP contribution in [0.25, 0.3) is 0 Å². The summed E-state index contributed by atoms with van der Waals surface area (Å²) in [5.74, 6) is -14.6. The first kappa shape index (κ1) is 94.7. The van der Waals surface area contributed by atoms with Crippen molar-refractivity contribution in [2.24, 2.45) is 5.73 Å². The number of Topliss-reactive ketones (excluding diaryl/α,β-unsaturated/α-hetero) is 1. The fraction of sp³-hybridized carbons (Fsp3) is 0.716. The van der Waals surface area contributed by atoms with Crippen molar-refractivity contribution in [1.82, 2.24) is 68.0 Å². The van der Waals surface area contributed by atoms with Crippen LogP contribution in [0.15, 0.2) is 12.5 Å². The van der Waals surface area contributed by atoms with Crippen LogP contribution in [-0.4, -0.2) is 277 Å². The number of carbonyl (C=O) groups is 16. The Morgan fingerprint density at radius 1 is 0.453 bits per heavy atom. The summed E-state index contributed by atoms with van der Waals surface area (Å²) >= 11 is 0. The predicted molar refractivity (Wildman–Crippen MR) is 375 cm³/mol. The molecule has 6 atom stereocenters. The number of hydrogen-bond donors (Lipinski definition) is 17. The molecule has 106 heavy (non-hydrogen) atoms. The number of primary amides is 1. The fourth-order valence-electron chi connectivity index (χ4n) is 10.1. The van der Waals surface area contributed by atoms with Crippen LogP contribution in [0, 0.1) is 0 Å². The maximum absolute atomic E-state index is 14.2. The van der Waals surface area contributed by atoms with Crippen molar-refractivity contribution in [3.05, 3.63) is 18.2 Å². The zero-order chi connectivity index (χ0) is 78.9. The molecule has 0 saturated carbocycles. The molecule has 0 aliphatic rings. The lowest BCUT2D eigenvalue weighted by atomic mass is 10.0. The second kappa shape index (κ2) is 58.9. The predicted octanol–water partition coefficient (Wildman–Crippen LogP) is -2.91. The molecule has 0 saturated heterocycles. The van der Waals surface area contributed by atoms with E-state index in [1.165, 1.54) is 45.1 Å². The van der Waals surface area contributed by atoms with E-state index in [4.69, 9.17) is 29.8 Å². The molecule has 1 rings (SSSR count). The summed E-state index contributed by atoms with van der Waals surface area (Å²) in [4.78, 5) is 208. The van der Waals surface area contributed by atoms with Crippen molar-refractivity contribution < 1.29 is 121 Å². The SMILES string of the molecule is CCCC[C@H](NC(=O)[C@H](CNC(=O)CN(CC(=O)O)CC(=O)O)NC(=O)[C@H](Cc1c[nH]cn1)NC(=O)[C@H](CCC(N)=O)NC(=O)[C@H](CO)NC(=O)CNC(=O)COCCOCCNC(=O)COCCOCCNC(=O)CC[C@H](NC(=O)CCCCCCCCCCCCCCCCC(=O)O)C(=O)O)C(C)=O. The minimum absolute atomic E-state index is 0.00253. The second-order valence-corrected chi connectivity index (χ2v) is 25.0.